The molecular formula is C24H33N5O5. The quantitative estimate of drug-likeness (QED) is 0.657. The fraction of sp³-hybridized carbons (Fsp3) is 0.667. The van der Waals surface area contributed by atoms with Crippen molar-refractivity contribution in [2.24, 2.45) is 18.0 Å². The lowest BCUT2D eigenvalue weighted by Crippen LogP contribution is -2.40. The number of nitrogens with one attached hydrogen (secondary N) is 2. The van der Waals surface area contributed by atoms with Gasteiger partial charge in [-0.05, 0) is 68.6 Å². The maximum atomic E-state index is 12.6. The van der Waals surface area contributed by atoms with E-state index in [4.69, 9.17) is 14.2 Å². The molecule has 10 nitrogen and oxygen atoms in total. The Bertz CT molecular complexity index is 1010. The van der Waals surface area contributed by atoms with Gasteiger partial charge in [-0.2, -0.15) is 5.10 Å². The molecule has 184 valence electrons. The van der Waals surface area contributed by atoms with Gasteiger partial charge in [-0.25, -0.2) is 4.79 Å². The summed E-state index contributed by atoms with van der Waals surface area (Å²) in [7, 11) is 3.32. The number of ether oxygens (including phenoxy) is 3. The SMILES string of the molecule is COCc1cc(C(=O)NC2=NCC([C@H]3CC[C@@H](OC(=O)N[C@@H]4COC5(CCC5)C4)C3)=C2)n(C)n1. The van der Waals surface area contributed by atoms with Crippen molar-refractivity contribution < 1.29 is 23.8 Å². The minimum absolute atomic E-state index is 0.0153. The first-order valence-electron chi connectivity index (χ1n) is 12.1. The lowest BCUT2D eigenvalue weighted by atomic mass is 9.77. The first-order chi connectivity index (χ1) is 16.4. The summed E-state index contributed by atoms with van der Waals surface area (Å²) in [4.78, 5) is 29.5. The number of aromatic nitrogens is 2. The largest absolute Gasteiger partial charge is 0.446 e. The van der Waals surface area contributed by atoms with Crippen LogP contribution in [0, 0.1) is 5.92 Å². The first-order valence-corrected chi connectivity index (χ1v) is 12.1. The highest BCUT2D eigenvalue weighted by molar-refractivity contribution is 6.10. The number of carbonyl (C=O) groups is 2. The van der Waals surface area contributed by atoms with E-state index >= 15 is 0 Å². The molecule has 1 spiro atoms. The van der Waals surface area contributed by atoms with Crippen molar-refractivity contribution in [3.8, 4) is 0 Å². The zero-order valence-electron chi connectivity index (χ0n) is 19.8. The van der Waals surface area contributed by atoms with Crippen molar-refractivity contribution in [1.29, 1.82) is 0 Å². The molecule has 2 N–H and O–H groups in total. The molecule has 1 aromatic rings. The Labute approximate surface area is 199 Å². The molecule has 2 aliphatic carbocycles. The third kappa shape index (κ3) is 4.88. The summed E-state index contributed by atoms with van der Waals surface area (Å²) < 4.78 is 18.2. The van der Waals surface area contributed by atoms with E-state index in [2.05, 4.69) is 20.7 Å². The number of hydrogen-bond donors (Lipinski definition) is 2. The number of methoxy groups -OCH3 is 1. The van der Waals surface area contributed by atoms with Crippen LogP contribution in [0.2, 0.25) is 0 Å². The zero-order valence-corrected chi connectivity index (χ0v) is 19.8. The Morgan fingerprint density at radius 1 is 1.32 bits per heavy atom. The summed E-state index contributed by atoms with van der Waals surface area (Å²) in [5.41, 5.74) is 2.33. The Morgan fingerprint density at radius 3 is 2.91 bits per heavy atom. The molecule has 2 saturated carbocycles. The normalized spacial score (nSPS) is 27.3. The van der Waals surface area contributed by atoms with Crippen LogP contribution in [0.4, 0.5) is 4.79 Å². The molecule has 2 amide bonds. The number of aryl methyl sites for hydroxylation is 1. The zero-order chi connectivity index (χ0) is 23.7. The third-order valence-electron chi connectivity index (χ3n) is 7.43. The number of hydrogen-bond acceptors (Lipinski definition) is 7. The molecule has 0 radical (unpaired) electrons. The maximum absolute atomic E-state index is 12.6. The number of aliphatic imine (C=N–C) groups is 1. The number of carbonyl (C=O) groups excluding carboxylic acids is 2. The Morgan fingerprint density at radius 2 is 2.18 bits per heavy atom. The summed E-state index contributed by atoms with van der Waals surface area (Å²) in [6.07, 6.45) is 8.36. The number of amides is 2. The molecular weight excluding hydrogens is 438 g/mol. The predicted molar refractivity (Wildman–Crippen MR) is 123 cm³/mol. The average molecular weight is 472 g/mol. The van der Waals surface area contributed by atoms with Gasteiger partial charge in [0.05, 0.1) is 37.1 Å². The fourth-order valence-electron chi connectivity index (χ4n) is 5.50. The van der Waals surface area contributed by atoms with Gasteiger partial charge in [-0.1, -0.05) is 0 Å². The van der Waals surface area contributed by atoms with E-state index in [0.29, 0.717) is 42.9 Å². The van der Waals surface area contributed by atoms with Gasteiger partial charge in [0.1, 0.15) is 17.6 Å². The van der Waals surface area contributed by atoms with E-state index in [1.165, 1.54) is 16.7 Å². The van der Waals surface area contributed by atoms with Crippen molar-refractivity contribution in [3.05, 3.63) is 29.1 Å². The van der Waals surface area contributed by atoms with Crippen LogP contribution in [0.25, 0.3) is 0 Å². The Hall–Kier alpha value is -2.72. The lowest BCUT2D eigenvalue weighted by molar-refractivity contribution is -0.0563. The molecule has 0 unspecified atom stereocenters. The van der Waals surface area contributed by atoms with E-state index < -0.39 is 0 Å². The van der Waals surface area contributed by atoms with Crippen LogP contribution in [0.3, 0.4) is 0 Å². The van der Waals surface area contributed by atoms with Crippen molar-refractivity contribution in [3.63, 3.8) is 0 Å². The lowest BCUT2D eigenvalue weighted by Gasteiger charge is -2.37. The second-order valence-corrected chi connectivity index (χ2v) is 9.88. The van der Waals surface area contributed by atoms with Crippen molar-refractivity contribution in [2.45, 2.75) is 69.3 Å². The van der Waals surface area contributed by atoms with Gasteiger partial charge < -0.3 is 24.8 Å². The van der Waals surface area contributed by atoms with Gasteiger partial charge in [-0.15, -0.1) is 0 Å². The monoisotopic (exact) mass is 471 g/mol. The summed E-state index contributed by atoms with van der Waals surface area (Å²) in [5, 5.41) is 10.1. The molecule has 4 aliphatic rings. The summed E-state index contributed by atoms with van der Waals surface area (Å²) in [5.74, 6) is 0.606. The molecule has 3 heterocycles. The molecule has 5 rings (SSSR count). The van der Waals surface area contributed by atoms with Crippen molar-refractivity contribution in [2.75, 3.05) is 20.3 Å². The molecule has 0 bridgehead atoms. The van der Waals surface area contributed by atoms with Gasteiger partial charge in [0, 0.05) is 14.2 Å². The number of amidine groups is 1. The van der Waals surface area contributed by atoms with Crippen LogP contribution in [0.15, 0.2) is 22.7 Å². The molecule has 3 atom stereocenters. The minimum atomic E-state index is -0.343. The van der Waals surface area contributed by atoms with Crippen LogP contribution >= 0.6 is 0 Å². The molecule has 1 saturated heterocycles. The Balaban J connectivity index is 1.08. The van der Waals surface area contributed by atoms with Crippen molar-refractivity contribution >= 4 is 17.8 Å². The topological polar surface area (TPSA) is 116 Å². The highest BCUT2D eigenvalue weighted by Gasteiger charge is 2.45. The van der Waals surface area contributed by atoms with Crippen LogP contribution in [0.5, 0.6) is 0 Å². The highest BCUT2D eigenvalue weighted by Crippen LogP contribution is 2.43. The molecule has 10 heteroatoms. The van der Waals surface area contributed by atoms with Crippen molar-refractivity contribution in [1.82, 2.24) is 20.4 Å². The fourth-order valence-corrected chi connectivity index (χ4v) is 5.50. The minimum Gasteiger partial charge on any atom is -0.446 e. The van der Waals surface area contributed by atoms with Gasteiger partial charge in [-0.3, -0.25) is 14.5 Å². The van der Waals surface area contributed by atoms with Gasteiger partial charge in [0.25, 0.3) is 5.91 Å². The van der Waals surface area contributed by atoms with Crippen LogP contribution < -0.4 is 10.6 Å². The van der Waals surface area contributed by atoms with Gasteiger partial charge in [0.15, 0.2) is 0 Å². The van der Waals surface area contributed by atoms with Crippen LogP contribution in [0.1, 0.15) is 61.1 Å². The molecule has 0 aromatic carbocycles. The van der Waals surface area contributed by atoms with E-state index in [0.717, 1.165) is 38.5 Å². The van der Waals surface area contributed by atoms with E-state index in [-0.39, 0.29) is 29.7 Å². The number of rotatable bonds is 6. The number of alkyl carbamates (subject to hydrolysis) is 1. The maximum Gasteiger partial charge on any atom is 0.407 e. The molecule has 2 aliphatic heterocycles. The summed E-state index contributed by atoms with van der Waals surface area (Å²) in [6, 6.07) is 1.76. The summed E-state index contributed by atoms with van der Waals surface area (Å²) >= 11 is 0. The predicted octanol–water partition coefficient (Wildman–Crippen LogP) is 2.24. The van der Waals surface area contributed by atoms with Crippen LogP contribution in [-0.2, 0) is 27.9 Å². The molecule has 1 aromatic heterocycles. The smallest absolute Gasteiger partial charge is 0.407 e. The van der Waals surface area contributed by atoms with E-state index in [9.17, 15) is 9.59 Å². The third-order valence-corrected chi connectivity index (χ3v) is 7.43. The highest BCUT2D eigenvalue weighted by atomic mass is 16.6. The number of nitrogens with zero attached hydrogens (tertiary/aromatic N) is 3. The second kappa shape index (κ2) is 9.50. The van der Waals surface area contributed by atoms with Crippen LogP contribution in [-0.4, -0.2) is 65.6 Å². The Kier molecular flexibility index (Phi) is 6.44. The standard InChI is InChI=1S/C24H33N5O5/c1-29-20(10-17(28-29)13-32-2)22(30)27-21-9-16(12-25-21)15-4-5-19(8-15)34-23(31)26-18-11-24(33-14-18)6-3-7-24/h9-10,15,18-19H,3-8,11-14H2,1-2H3,(H,26,31)(H,25,27,30)/t15-,18-,19+/m0/s1. The molecule has 3 fully saturated rings. The first kappa shape index (κ1) is 23.0. The molecule has 34 heavy (non-hydrogen) atoms. The summed E-state index contributed by atoms with van der Waals surface area (Å²) in [6.45, 7) is 1.49. The second-order valence-electron chi connectivity index (χ2n) is 9.88. The average Bonchev–Trinajstić information content (AvgIpc) is 3.54. The van der Waals surface area contributed by atoms with E-state index in [1.54, 1.807) is 20.2 Å². The van der Waals surface area contributed by atoms with Gasteiger partial charge in [0.2, 0.25) is 0 Å². The van der Waals surface area contributed by atoms with Gasteiger partial charge >= 0.3 is 6.09 Å². The van der Waals surface area contributed by atoms with E-state index in [1.807, 2.05) is 6.08 Å².